The Bertz CT molecular complexity index is 1520. The molecule has 2 atom stereocenters. The summed E-state index contributed by atoms with van der Waals surface area (Å²) >= 11 is 6.82. The SMILES string of the molecule is C[C@@H]1CN(c2c(CO[Si](c3ccccc3)(c3ccccc3)C(C)(C)C)nc(C(=O)c3ccccn3)c(F)c2Cl)C[C@H](C)O1. The number of rotatable bonds is 8. The molecule has 0 saturated carbocycles. The Morgan fingerprint density at radius 2 is 1.53 bits per heavy atom. The van der Waals surface area contributed by atoms with Crippen LogP contribution in [0.5, 0.6) is 0 Å². The number of nitrogens with zero attached hydrogens (tertiary/aromatic N) is 3. The molecule has 6 nitrogen and oxygen atoms in total. The number of carbonyl (C=O) groups excluding carboxylic acids is 1. The van der Waals surface area contributed by atoms with Crippen LogP contribution in [0, 0.1) is 5.82 Å². The average molecular weight is 618 g/mol. The summed E-state index contributed by atoms with van der Waals surface area (Å²) in [5.41, 5.74) is 0.546. The van der Waals surface area contributed by atoms with E-state index in [2.05, 4.69) is 55.0 Å². The Labute approximate surface area is 259 Å². The molecule has 43 heavy (non-hydrogen) atoms. The van der Waals surface area contributed by atoms with Crippen LogP contribution in [0.4, 0.5) is 10.1 Å². The van der Waals surface area contributed by atoms with Crippen molar-refractivity contribution in [2.75, 3.05) is 18.0 Å². The van der Waals surface area contributed by atoms with Gasteiger partial charge in [0.15, 0.2) is 11.5 Å². The van der Waals surface area contributed by atoms with E-state index in [9.17, 15) is 4.79 Å². The smallest absolute Gasteiger partial charge is 0.261 e. The number of hydrogen-bond donors (Lipinski definition) is 0. The summed E-state index contributed by atoms with van der Waals surface area (Å²) < 4.78 is 29.1. The Hall–Kier alpha value is -3.43. The van der Waals surface area contributed by atoms with E-state index < -0.39 is 19.9 Å². The third kappa shape index (κ3) is 6.15. The number of hydrogen-bond acceptors (Lipinski definition) is 6. The second-order valence-electron chi connectivity index (χ2n) is 12.0. The lowest BCUT2D eigenvalue weighted by molar-refractivity contribution is -0.00535. The lowest BCUT2D eigenvalue weighted by atomic mass is 10.1. The molecule has 9 heteroatoms. The minimum atomic E-state index is -2.99. The predicted molar refractivity (Wildman–Crippen MR) is 172 cm³/mol. The molecule has 224 valence electrons. The van der Waals surface area contributed by atoms with Gasteiger partial charge in [0.2, 0.25) is 5.78 Å². The molecule has 0 amide bonds. The zero-order valence-electron chi connectivity index (χ0n) is 25.2. The fraction of sp³-hybridized carbons (Fsp3) is 0.324. The first-order valence-electron chi connectivity index (χ1n) is 14.5. The summed E-state index contributed by atoms with van der Waals surface area (Å²) in [6, 6.07) is 25.4. The highest BCUT2D eigenvalue weighted by atomic mass is 35.5. The van der Waals surface area contributed by atoms with Gasteiger partial charge in [0.1, 0.15) is 10.7 Å². The third-order valence-corrected chi connectivity index (χ3v) is 13.1. The van der Waals surface area contributed by atoms with Crippen molar-refractivity contribution >= 4 is 41.8 Å². The van der Waals surface area contributed by atoms with Crippen molar-refractivity contribution in [1.82, 2.24) is 9.97 Å². The highest BCUT2D eigenvalue weighted by molar-refractivity contribution is 6.99. The molecule has 0 bridgehead atoms. The molecule has 0 unspecified atom stereocenters. The lowest BCUT2D eigenvalue weighted by Gasteiger charge is -2.43. The highest BCUT2D eigenvalue weighted by Crippen LogP contribution is 2.40. The molecule has 1 aliphatic heterocycles. The Balaban J connectivity index is 1.68. The normalized spacial score (nSPS) is 17.6. The second-order valence-corrected chi connectivity index (χ2v) is 16.7. The molecule has 4 aromatic rings. The minimum absolute atomic E-state index is 0.0191. The van der Waals surface area contributed by atoms with Crippen LogP contribution in [-0.2, 0) is 15.8 Å². The van der Waals surface area contributed by atoms with Crippen molar-refractivity contribution in [1.29, 1.82) is 0 Å². The Kier molecular flexibility index (Phi) is 9.13. The summed E-state index contributed by atoms with van der Waals surface area (Å²) in [4.78, 5) is 24.3. The minimum Gasteiger partial charge on any atom is -0.401 e. The summed E-state index contributed by atoms with van der Waals surface area (Å²) in [6.45, 7) is 11.5. The molecule has 0 aliphatic carbocycles. The van der Waals surface area contributed by atoms with Crippen molar-refractivity contribution < 1.29 is 18.3 Å². The van der Waals surface area contributed by atoms with E-state index >= 15 is 4.39 Å². The van der Waals surface area contributed by atoms with Crippen LogP contribution >= 0.6 is 11.6 Å². The largest absolute Gasteiger partial charge is 0.401 e. The second kappa shape index (κ2) is 12.7. The number of halogens is 2. The number of morpholine rings is 1. The van der Waals surface area contributed by atoms with Crippen molar-refractivity contribution in [3.8, 4) is 0 Å². The van der Waals surface area contributed by atoms with Crippen molar-refractivity contribution in [3.63, 3.8) is 0 Å². The first-order valence-corrected chi connectivity index (χ1v) is 16.8. The number of carbonyl (C=O) groups is 1. The van der Waals surface area contributed by atoms with Crippen molar-refractivity contribution in [3.05, 3.63) is 113 Å². The lowest BCUT2D eigenvalue weighted by Crippen LogP contribution is -2.66. The maximum atomic E-state index is 16.0. The zero-order chi connectivity index (χ0) is 30.8. The first-order chi connectivity index (χ1) is 20.5. The van der Waals surface area contributed by atoms with E-state index in [0.29, 0.717) is 24.5 Å². The molecule has 2 aromatic heterocycles. The van der Waals surface area contributed by atoms with Crippen molar-refractivity contribution in [2.24, 2.45) is 0 Å². The van der Waals surface area contributed by atoms with Crippen molar-refractivity contribution in [2.45, 2.75) is 58.5 Å². The van der Waals surface area contributed by atoms with Crippen LogP contribution in [0.2, 0.25) is 10.1 Å². The number of ketones is 1. The van der Waals surface area contributed by atoms with Crippen LogP contribution in [0.3, 0.4) is 0 Å². The summed E-state index contributed by atoms with van der Waals surface area (Å²) in [5.74, 6) is -1.50. The van der Waals surface area contributed by atoms with Gasteiger partial charge in [-0.2, -0.15) is 0 Å². The molecule has 1 aliphatic rings. The molecule has 5 rings (SSSR count). The van der Waals surface area contributed by atoms with Gasteiger partial charge in [-0.05, 0) is 41.4 Å². The quantitative estimate of drug-likeness (QED) is 0.174. The standard InChI is InChI=1S/C34H37ClFN3O3Si/c1-23-20-39(21-24(2)42-23)32-28(38-31(30(36)29(32)35)33(40)27-18-12-13-19-37-27)22-41-43(34(3,4)5,25-14-8-6-9-15-25)26-16-10-7-11-17-26/h6-19,23-24H,20-22H2,1-5H3/t23-,24+. The number of anilines is 1. The van der Waals surface area contributed by atoms with E-state index in [1.165, 1.54) is 12.3 Å². The monoisotopic (exact) mass is 617 g/mol. The van der Waals surface area contributed by atoms with E-state index in [4.69, 9.17) is 20.8 Å². The molecular weight excluding hydrogens is 581 g/mol. The van der Waals surface area contributed by atoms with E-state index in [-0.39, 0.29) is 40.3 Å². The molecule has 1 saturated heterocycles. The summed E-state index contributed by atoms with van der Waals surface area (Å²) in [6.07, 6.45) is 1.27. The molecule has 3 heterocycles. The molecule has 0 spiro atoms. The van der Waals surface area contributed by atoms with Crippen LogP contribution in [0.25, 0.3) is 0 Å². The Morgan fingerprint density at radius 3 is 2.05 bits per heavy atom. The maximum Gasteiger partial charge on any atom is 0.261 e. The fourth-order valence-electron chi connectivity index (χ4n) is 6.06. The zero-order valence-corrected chi connectivity index (χ0v) is 26.9. The molecule has 0 radical (unpaired) electrons. The van der Waals surface area contributed by atoms with Crippen LogP contribution < -0.4 is 15.3 Å². The topological polar surface area (TPSA) is 64.5 Å². The first kappa shape index (κ1) is 31.0. The van der Waals surface area contributed by atoms with Gasteiger partial charge in [0, 0.05) is 19.3 Å². The predicted octanol–water partition coefficient (Wildman–Crippen LogP) is 6.19. The van der Waals surface area contributed by atoms with Gasteiger partial charge in [-0.25, -0.2) is 9.37 Å². The van der Waals surface area contributed by atoms with Gasteiger partial charge in [-0.15, -0.1) is 0 Å². The van der Waals surface area contributed by atoms with Gasteiger partial charge >= 0.3 is 0 Å². The summed E-state index contributed by atoms with van der Waals surface area (Å²) in [7, 11) is -2.99. The number of pyridine rings is 2. The fourth-order valence-corrected chi connectivity index (χ4v) is 10.9. The van der Waals surface area contributed by atoms with Gasteiger partial charge in [-0.1, -0.05) is 99.1 Å². The summed E-state index contributed by atoms with van der Waals surface area (Å²) in [5, 5.41) is 1.74. The number of benzene rings is 2. The van der Waals surface area contributed by atoms with Gasteiger partial charge in [0.05, 0.1) is 30.2 Å². The van der Waals surface area contributed by atoms with Crippen LogP contribution in [-0.4, -0.2) is 49.4 Å². The van der Waals surface area contributed by atoms with Gasteiger partial charge in [0.25, 0.3) is 8.32 Å². The highest BCUT2D eigenvalue weighted by Gasteiger charge is 2.50. The van der Waals surface area contributed by atoms with E-state index in [1.54, 1.807) is 12.1 Å². The number of ether oxygens (including phenoxy) is 1. The third-order valence-electron chi connectivity index (χ3n) is 7.82. The molecule has 1 fully saturated rings. The molecule has 0 N–H and O–H groups in total. The average Bonchev–Trinajstić information content (AvgIpc) is 2.99. The van der Waals surface area contributed by atoms with Gasteiger partial charge in [-0.3, -0.25) is 9.78 Å². The van der Waals surface area contributed by atoms with Gasteiger partial charge < -0.3 is 14.1 Å². The van der Waals surface area contributed by atoms with Crippen LogP contribution in [0.1, 0.15) is 56.5 Å². The van der Waals surface area contributed by atoms with Crippen LogP contribution in [0.15, 0.2) is 85.1 Å². The maximum absolute atomic E-state index is 16.0. The van der Waals surface area contributed by atoms with E-state index in [1.807, 2.05) is 55.1 Å². The van der Waals surface area contributed by atoms with E-state index in [0.717, 1.165) is 10.4 Å². The Morgan fingerprint density at radius 1 is 0.977 bits per heavy atom. The molecular formula is C34H37ClFN3O3Si. The number of aromatic nitrogens is 2. The molecule has 2 aromatic carbocycles.